The summed E-state index contributed by atoms with van der Waals surface area (Å²) in [7, 11) is 2.16. The maximum Gasteiger partial charge on any atom is 0.0621 e. The third-order valence-corrected chi connectivity index (χ3v) is 3.45. The van der Waals surface area contributed by atoms with Gasteiger partial charge in [0.1, 0.15) is 0 Å². The maximum absolute atomic E-state index is 5.49. The predicted molar refractivity (Wildman–Crippen MR) is 71.5 cm³/mol. The van der Waals surface area contributed by atoms with Crippen LogP contribution in [-0.4, -0.2) is 38.9 Å². The first-order valence-corrected chi connectivity index (χ1v) is 6.36. The molecular weight excluding hydrogens is 212 g/mol. The molecule has 0 bridgehead atoms. The molecule has 1 aromatic carbocycles. The Morgan fingerprint density at radius 1 is 1.41 bits per heavy atom. The lowest BCUT2D eigenvalue weighted by atomic mass is 10.1. The molecule has 1 heterocycles. The van der Waals surface area contributed by atoms with Crippen molar-refractivity contribution < 1.29 is 4.74 Å². The van der Waals surface area contributed by atoms with E-state index in [0.29, 0.717) is 12.1 Å². The number of nitrogens with one attached hydrogen (secondary N) is 1. The van der Waals surface area contributed by atoms with Gasteiger partial charge in [-0.05, 0) is 25.5 Å². The van der Waals surface area contributed by atoms with Crippen molar-refractivity contribution in [2.24, 2.45) is 0 Å². The monoisotopic (exact) mass is 234 g/mol. The molecule has 2 unspecified atom stereocenters. The summed E-state index contributed by atoms with van der Waals surface area (Å²) in [5.74, 6) is 0. The molecule has 1 aliphatic rings. The van der Waals surface area contributed by atoms with Crippen molar-refractivity contribution in [1.29, 1.82) is 0 Å². The van der Waals surface area contributed by atoms with E-state index >= 15 is 0 Å². The standard InChI is InChI=1S/C14H22N2O/c1-12(10-13-11-17-9-8-15-13)16(2)14-6-4-3-5-7-14/h3-7,12-13,15H,8-11H2,1-2H3. The Balaban J connectivity index is 1.88. The first-order chi connectivity index (χ1) is 8.27. The summed E-state index contributed by atoms with van der Waals surface area (Å²) in [5, 5.41) is 3.50. The van der Waals surface area contributed by atoms with Gasteiger partial charge in [-0.3, -0.25) is 0 Å². The van der Waals surface area contributed by atoms with Gasteiger partial charge < -0.3 is 15.0 Å². The second-order valence-electron chi connectivity index (χ2n) is 4.76. The average Bonchev–Trinajstić information content (AvgIpc) is 2.40. The van der Waals surface area contributed by atoms with Crippen molar-refractivity contribution in [3.05, 3.63) is 30.3 Å². The minimum atomic E-state index is 0.491. The second-order valence-corrected chi connectivity index (χ2v) is 4.76. The van der Waals surface area contributed by atoms with Crippen molar-refractivity contribution >= 4 is 5.69 Å². The highest BCUT2D eigenvalue weighted by molar-refractivity contribution is 5.45. The van der Waals surface area contributed by atoms with Crippen molar-refractivity contribution in [3.63, 3.8) is 0 Å². The molecule has 2 atom stereocenters. The molecule has 0 spiro atoms. The quantitative estimate of drug-likeness (QED) is 0.861. The van der Waals surface area contributed by atoms with Gasteiger partial charge in [0, 0.05) is 31.4 Å². The van der Waals surface area contributed by atoms with E-state index in [1.807, 2.05) is 0 Å². The molecule has 17 heavy (non-hydrogen) atoms. The Bertz CT molecular complexity index is 322. The van der Waals surface area contributed by atoms with Crippen LogP contribution in [0.1, 0.15) is 13.3 Å². The lowest BCUT2D eigenvalue weighted by Gasteiger charge is -2.32. The summed E-state index contributed by atoms with van der Waals surface area (Å²) in [6, 6.07) is 11.5. The van der Waals surface area contributed by atoms with Gasteiger partial charge in [-0.2, -0.15) is 0 Å². The van der Waals surface area contributed by atoms with Crippen LogP contribution in [0.5, 0.6) is 0 Å². The zero-order chi connectivity index (χ0) is 12.1. The van der Waals surface area contributed by atoms with Crippen LogP contribution in [0.15, 0.2) is 30.3 Å². The largest absolute Gasteiger partial charge is 0.379 e. The molecule has 3 heteroatoms. The molecule has 1 N–H and O–H groups in total. The van der Waals surface area contributed by atoms with Crippen molar-refractivity contribution in [2.75, 3.05) is 31.7 Å². The van der Waals surface area contributed by atoms with E-state index in [4.69, 9.17) is 4.74 Å². The van der Waals surface area contributed by atoms with E-state index in [9.17, 15) is 0 Å². The van der Waals surface area contributed by atoms with Gasteiger partial charge in [0.05, 0.1) is 13.2 Å². The van der Waals surface area contributed by atoms with E-state index in [0.717, 1.165) is 26.2 Å². The minimum absolute atomic E-state index is 0.491. The van der Waals surface area contributed by atoms with Crippen LogP contribution in [0.3, 0.4) is 0 Å². The first-order valence-electron chi connectivity index (χ1n) is 6.36. The van der Waals surface area contributed by atoms with E-state index in [1.54, 1.807) is 0 Å². The number of anilines is 1. The first kappa shape index (κ1) is 12.4. The number of hydrogen-bond donors (Lipinski definition) is 1. The highest BCUT2D eigenvalue weighted by atomic mass is 16.5. The van der Waals surface area contributed by atoms with Gasteiger partial charge in [-0.1, -0.05) is 18.2 Å². The summed E-state index contributed by atoms with van der Waals surface area (Å²) in [4.78, 5) is 2.33. The van der Waals surface area contributed by atoms with Gasteiger partial charge in [0.15, 0.2) is 0 Å². The maximum atomic E-state index is 5.49. The van der Waals surface area contributed by atoms with Crippen LogP contribution < -0.4 is 10.2 Å². The predicted octanol–water partition coefficient (Wildman–Crippen LogP) is 1.89. The summed E-state index contributed by atoms with van der Waals surface area (Å²) >= 11 is 0. The summed E-state index contributed by atoms with van der Waals surface area (Å²) < 4.78 is 5.49. The molecule has 1 aromatic rings. The number of para-hydroxylation sites is 1. The molecular formula is C14H22N2O. The average molecular weight is 234 g/mol. The fourth-order valence-corrected chi connectivity index (χ4v) is 2.26. The van der Waals surface area contributed by atoms with Crippen LogP contribution in [0.2, 0.25) is 0 Å². The third-order valence-electron chi connectivity index (χ3n) is 3.45. The Kier molecular flexibility index (Phi) is 4.40. The Hall–Kier alpha value is -1.06. The van der Waals surface area contributed by atoms with Crippen molar-refractivity contribution in [3.8, 4) is 0 Å². The molecule has 2 rings (SSSR count). The Morgan fingerprint density at radius 2 is 2.18 bits per heavy atom. The van der Waals surface area contributed by atoms with Gasteiger partial charge in [-0.15, -0.1) is 0 Å². The Morgan fingerprint density at radius 3 is 2.82 bits per heavy atom. The number of nitrogens with zero attached hydrogens (tertiary/aromatic N) is 1. The molecule has 1 aliphatic heterocycles. The van der Waals surface area contributed by atoms with E-state index in [-0.39, 0.29) is 0 Å². The van der Waals surface area contributed by atoms with Crippen molar-refractivity contribution in [1.82, 2.24) is 5.32 Å². The summed E-state index contributed by atoms with van der Waals surface area (Å²) in [6.45, 7) is 4.93. The van der Waals surface area contributed by atoms with Crippen LogP contribution in [0.25, 0.3) is 0 Å². The number of rotatable bonds is 4. The number of morpholine rings is 1. The van der Waals surface area contributed by atoms with Gasteiger partial charge >= 0.3 is 0 Å². The lowest BCUT2D eigenvalue weighted by Crippen LogP contribution is -2.45. The van der Waals surface area contributed by atoms with Crippen LogP contribution in [0, 0.1) is 0 Å². The smallest absolute Gasteiger partial charge is 0.0621 e. The SMILES string of the molecule is CC(CC1COCCN1)N(C)c1ccccc1. The summed E-state index contributed by atoms with van der Waals surface area (Å²) in [5.41, 5.74) is 1.27. The highest BCUT2D eigenvalue weighted by Gasteiger charge is 2.18. The zero-order valence-corrected chi connectivity index (χ0v) is 10.7. The van der Waals surface area contributed by atoms with E-state index in [1.165, 1.54) is 5.69 Å². The molecule has 0 amide bonds. The van der Waals surface area contributed by atoms with Crippen LogP contribution in [-0.2, 0) is 4.74 Å². The summed E-state index contributed by atoms with van der Waals surface area (Å²) in [6.07, 6.45) is 1.12. The minimum Gasteiger partial charge on any atom is -0.379 e. The van der Waals surface area contributed by atoms with Crippen molar-refractivity contribution in [2.45, 2.75) is 25.4 Å². The lowest BCUT2D eigenvalue weighted by molar-refractivity contribution is 0.0724. The number of hydrogen-bond acceptors (Lipinski definition) is 3. The second kappa shape index (κ2) is 6.03. The molecule has 1 fully saturated rings. The highest BCUT2D eigenvalue weighted by Crippen LogP contribution is 2.17. The molecule has 0 aliphatic carbocycles. The number of ether oxygens (including phenoxy) is 1. The molecule has 94 valence electrons. The fraction of sp³-hybridized carbons (Fsp3) is 0.571. The van der Waals surface area contributed by atoms with Crippen LogP contribution >= 0.6 is 0 Å². The molecule has 0 radical (unpaired) electrons. The zero-order valence-electron chi connectivity index (χ0n) is 10.7. The van der Waals surface area contributed by atoms with Crippen LogP contribution in [0.4, 0.5) is 5.69 Å². The molecule has 3 nitrogen and oxygen atoms in total. The van der Waals surface area contributed by atoms with E-state index < -0.39 is 0 Å². The molecule has 0 aromatic heterocycles. The van der Waals surface area contributed by atoms with Gasteiger partial charge in [-0.25, -0.2) is 0 Å². The molecule has 1 saturated heterocycles. The van der Waals surface area contributed by atoms with Gasteiger partial charge in [0.2, 0.25) is 0 Å². The molecule has 0 saturated carbocycles. The van der Waals surface area contributed by atoms with Gasteiger partial charge in [0.25, 0.3) is 0 Å². The Labute approximate surface area is 104 Å². The van der Waals surface area contributed by atoms with E-state index in [2.05, 4.69) is 54.5 Å². The fourth-order valence-electron chi connectivity index (χ4n) is 2.26. The number of benzene rings is 1. The third kappa shape index (κ3) is 3.45. The normalized spacial score (nSPS) is 22.1. The topological polar surface area (TPSA) is 24.5 Å².